The lowest BCUT2D eigenvalue weighted by atomic mass is 9.88. The van der Waals surface area contributed by atoms with Gasteiger partial charge < -0.3 is 5.11 Å². The first kappa shape index (κ1) is 15.4. The Morgan fingerprint density at radius 3 is 2.80 bits per heavy atom. The molecule has 0 amide bonds. The van der Waals surface area contributed by atoms with Gasteiger partial charge in [0.25, 0.3) is 0 Å². The van der Waals surface area contributed by atoms with E-state index < -0.39 is 15.8 Å². The van der Waals surface area contributed by atoms with E-state index in [0.29, 0.717) is 11.5 Å². The Kier molecular flexibility index (Phi) is 4.78. The summed E-state index contributed by atoms with van der Waals surface area (Å²) in [5, 5.41) is 9.04. The van der Waals surface area contributed by atoms with Crippen LogP contribution in [0.3, 0.4) is 0 Å². The van der Waals surface area contributed by atoms with Gasteiger partial charge in [0.05, 0.1) is 6.61 Å². The van der Waals surface area contributed by atoms with E-state index in [-0.39, 0.29) is 17.5 Å². The Labute approximate surface area is 119 Å². The van der Waals surface area contributed by atoms with Gasteiger partial charge in [0.1, 0.15) is 10.7 Å². The molecule has 1 aliphatic rings. The van der Waals surface area contributed by atoms with Crippen LogP contribution in [0, 0.1) is 11.7 Å². The number of sulfonamides is 1. The van der Waals surface area contributed by atoms with Gasteiger partial charge in [0, 0.05) is 6.04 Å². The average Bonchev–Trinajstić information content (AvgIpc) is 2.38. The molecule has 1 aliphatic carbocycles. The highest BCUT2D eigenvalue weighted by atomic mass is 32.2. The summed E-state index contributed by atoms with van der Waals surface area (Å²) < 4.78 is 40.8. The molecule has 1 aromatic rings. The van der Waals surface area contributed by atoms with Crippen LogP contribution in [0.4, 0.5) is 4.39 Å². The second kappa shape index (κ2) is 6.20. The van der Waals surface area contributed by atoms with Crippen molar-refractivity contribution in [1.82, 2.24) is 4.72 Å². The first-order valence-corrected chi connectivity index (χ1v) is 8.32. The number of nitrogens with one attached hydrogen (secondary N) is 1. The van der Waals surface area contributed by atoms with Crippen LogP contribution >= 0.6 is 0 Å². The molecule has 0 radical (unpaired) electrons. The molecule has 0 heterocycles. The van der Waals surface area contributed by atoms with Crippen molar-refractivity contribution in [2.75, 3.05) is 0 Å². The molecule has 2 N–H and O–H groups in total. The summed E-state index contributed by atoms with van der Waals surface area (Å²) >= 11 is 0. The predicted octanol–water partition coefficient (Wildman–Crippen LogP) is 2.17. The first-order valence-electron chi connectivity index (χ1n) is 6.84. The Balaban J connectivity index is 2.21. The van der Waals surface area contributed by atoms with Crippen molar-refractivity contribution in [3.8, 4) is 0 Å². The first-order chi connectivity index (χ1) is 9.42. The third kappa shape index (κ3) is 3.56. The van der Waals surface area contributed by atoms with E-state index in [1.54, 1.807) is 0 Å². The molecule has 112 valence electrons. The maximum absolute atomic E-state index is 13.7. The van der Waals surface area contributed by atoms with E-state index in [4.69, 9.17) is 5.11 Å². The van der Waals surface area contributed by atoms with Crippen LogP contribution < -0.4 is 4.72 Å². The van der Waals surface area contributed by atoms with Crippen LogP contribution in [0.25, 0.3) is 0 Å². The van der Waals surface area contributed by atoms with E-state index >= 15 is 0 Å². The molecule has 20 heavy (non-hydrogen) atoms. The van der Waals surface area contributed by atoms with Crippen molar-refractivity contribution < 1.29 is 17.9 Å². The van der Waals surface area contributed by atoms with E-state index in [2.05, 4.69) is 11.6 Å². The fraction of sp³-hybridized carbons (Fsp3) is 0.571. The van der Waals surface area contributed by atoms with Crippen LogP contribution in [-0.2, 0) is 16.6 Å². The van der Waals surface area contributed by atoms with Gasteiger partial charge in [-0.15, -0.1) is 0 Å². The lowest BCUT2D eigenvalue weighted by Gasteiger charge is -2.27. The third-order valence-corrected chi connectivity index (χ3v) is 5.26. The van der Waals surface area contributed by atoms with Gasteiger partial charge in [-0.05, 0) is 36.5 Å². The summed E-state index contributed by atoms with van der Waals surface area (Å²) in [6, 6.07) is 3.49. The lowest BCUT2D eigenvalue weighted by molar-refractivity contribution is 0.281. The molecule has 0 spiro atoms. The number of rotatable bonds is 4. The smallest absolute Gasteiger partial charge is 0.243 e. The summed E-state index contributed by atoms with van der Waals surface area (Å²) in [6.07, 6.45) is 3.64. The molecule has 4 nitrogen and oxygen atoms in total. The van der Waals surface area contributed by atoms with Gasteiger partial charge in [0.15, 0.2) is 0 Å². The molecule has 2 atom stereocenters. The van der Waals surface area contributed by atoms with Crippen molar-refractivity contribution in [3.05, 3.63) is 29.6 Å². The standard InChI is InChI=1S/C14H20FNO3S/c1-10-3-2-4-12(7-10)16-20(18,19)14-8-11(9-17)5-6-13(14)15/h5-6,8,10,12,16-17H,2-4,7,9H2,1H3. The van der Waals surface area contributed by atoms with E-state index in [1.807, 2.05) is 0 Å². The van der Waals surface area contributed by atoms with Crippen molar-refractivity contribution in [1.29, 1.82) is 0 Å². The molecular formula is C14H20FNO3S. The monoisotopic (exact) mass is 301 g/mol. The molecule has 1 aromatic carbocycles. The van der Waals surface area contributed by atoms with E-state index in [0.717, 1.165) is 31.7 Å². The Morgan fingerprint density at radius 2 is 2.15 bits per heavy atom. The molecular weight excluding hydrogens is 281 g/mol. The van der Waals surface area contributed by atoms with Gasteiger partial charge in [0.2, 0.25) is 10.0 Å². The highest BCUT2D eigenvalue weighted by molar-refractivity contribution is 7.89. The number of benzene rings is 1. The molecule has 2 rings (SSSR count). The Bertz CT molecular complexity index is 574. The summed E-state index contributed by atoms with van der Waals surface area (Å²) in [7, 11) is -3.88. The predicted molar refractivity (Wildman–Crippen MR) is 74.1 cm³/mol. The highest BCUT2D eigenvalue weighted by Gasteiger charge is 2.26. The zero-order chi connectivity index (χ0) is 14.8. The number of halogens is 1. The topological polar surface area (TPSA) is 66.4 Å². The van der Waals surface area contributed by atoms with Crippen molar-refractivity contribution in [2.24, 2.45) is 5.92 Å². The molecule has 1 fully saturated rings. The number of aliphatic hydroxyl groups excluding tert-OH is 1. The van der Waals surface area contributed by atoms with Crippen LogP contribution in [-0.4, -0.2) is 19.6 Å². The quantitative estimate of drug-likeness (QED) is 0.895. The number of hydrogen-bond acceptors (Lipinski definition) is 3. The Morgan fingerprint density at radius 1 is 1.40 bits per heavy atom. The minimum Gasteiger partial charge on any atom is -0.392 e. The molecule has 0 aromatic heterocycles. The average molecular weight is 301 g/mol. The summed E-state index contributed by atoms with van der Waals surface area (Å²) in [6.45, 7) is 1.77. The molecule has 6 heteroatoms. The van der Waals surface area contributed by atoms with Crippen molar-refractivity contribution >= 4 is 10.0 Å². The summed E-state index contributed by atoms with van der Waals surface area (Å²) in [5.74, 6) is -0.316. The van der Waals surface area contributed by atoms with Crippen LogP contribution in [0.2, 0.25) is 0 Å². The zero-order valence-corrected chi connectivity index (χ0v) is 12.3. The van der Waals surface area contributed by atoms with Crippen molar-refractivity contribution in [2.45, 2.75) is 50.2 Å². The van der Waals surface area contributed by atoms with Crippen LogP contribution in [0.5, 0.6) is 0 Å². The second-order valence-electron chi connectivity index (χ2n) is 5.51. The van der Waals surface area contributed by atoms with Gasteiger partial charge in [-0.1, -0.05) is 25.8 Å². The maximum Gasteiger partial charge on any atom is 0.243 e. The minimum absolute atomic E-state index is 0.138. The maximum atomic E-state index is 13.7. The van der Waals surface area contributed by atoms with Crippen LogP contribution in [0.1, 0.15) is 38.2 Å². The SMILES string of the molecule is CC1CCCC(NS(=O)(=O)c2cc(CO)ccc2F)C1. The van der Waals surface area contributed by atoms with Crippen LogP contribution in [0.15, 0.2) is 23.1 Å². The minimum atomic E-state index is -3.88. The van der Waals surface area contributed by atoms with E-state index in [1.165, 1.54) is 12.1 Å². The second-order valence-corrected chi connectivity index (χ2v) is 7.20. The molecule has 0 aliphatic heterocycles. The van der Waals surface area contributed by atoms with Gasteiger partial charge in [-0.25, -0.2) is 17.5 Å². The normalized spacial score (nSPS) is 23.8. The van der Waals surface area contributed by atoms with Gasteiger partial charge in [-0.3, -0.25) is 0 Å². The highest BCUT2D eigenvalue weighted by Crippen LogP contribution is 2.25. The fourth-order valence-electron chi connectivity index (χ4n) is 2.68. The van der Waals surface area contributed by atoms with Gasteiger partial charge >= 0.3 is 0 Å². The summed E-state index contributed by atoms with van der Waals surface area (Å²) in [5.41, 5.74) is 0.379. The third-order valence-electron chi connectivity index (χ3n) is 3.73. The summed E-state index contributed by atoms with van der Waals surface area (Å²) in [4.78, 5) is -0.387. The molecule has 0 saturated heterocycles. The number of hydrogen-bond donors (Lipinski definition) is 2. The molecule has 0 bridgehead atoms. The van der Waals surface area contributed by atoms with Crippen molar-refractivity contribution in [3.63, 3.8) is 0 Å². The lowest BCUT2D eigenvalue weighted by Crippen LogP contribution is -2.38. The molecule has 1 saturated carbocycles. The van der Waals surface area contributed by atoms with Gasteiger partial charge in [-0.2, -0.15) is 0 Å². The largest absolute Gasteiger partial charge is 0.392 e. The molecule has 2 unspecified atom stereocenters. The zero-order valence-electron chi connectivity index (χ0n) is 11.5. The Hall–Kier alpha value is -0.980. The van der Waals surface area contributed by atoms with E-state index in [9.17, 15) is 12.8 Å². The fourth-order valence-corrected chi connectivity index (χ4v) is 4.09. The number of aliphatic hydroxyl groups is 1.